The lowest BCUT2D eigenvalue weighted by Gasteiger charge is -2.18. The molecule has 3 heteroatoms. The van der Waals surface area contributed by atoms with Crippen molar-refractivity contribution in [2.45, 2.75) is 37.9 Å². The van der Waals surface area contributed by atoms with Crippen LogP contribution in [0.2, 0.25) is 0 Å². The van der Waals surface area contributed by atoms with Crippen molar-refractivity contribution < 1.29 is 4.79 Å². The van der Waals surface area contributed by atoms with Crippen LogP contribution in [-0.4, -0.2) is 17.7 Å². The van der Waals surface area contributed by atoms with E-state index in [1.54, 1.807) is 0 Å². The Balaban J connectivity index is 1.76. The molecule has 0 radical (unpaired) electrons. The van der Waals surface area contributed by atoms with Crippen molar-refractivity contribution in [2.75, 3.05) is 6.54 Å². The fraction of sp³-hybridized carbons (Fsp3) is 0.562. The van der Waals surface area contributed by atoms with Gasteiger partial charge in [-0.15, -0.1) is 0 Å². The van der Waals surface area contributed by atoms with Gasteiger partial charge in [-0.25, -0.2) is 0 Å². The molecule has 2 nitrogen and oxygen atoms in total. The molecule has 3 atom stereocenters. The molecule has 1 aliphatic carbocycles. The molecule has 3 unspecified atom stereocenters. The number of hydrogen-bond donors (Lipinski definition) is 2. The van der Waals surface area contributed by atoms with E-state index in [0.29, 0.717) is 12.3 Å². The minimum Gasteiger partial charge on any atom is -0.355 e. The van der Waals surface area contributed by atoms with Crippen molar-refractivity contribution in [2.24, 2.45) is 11.8 Å². The number of rotatable bonds is 5. The lowest BCUT2D eigenvalue weighted by molar-refractivity contribution is -0.120. The number of carbonyl (C=O) groups excluding carboxylic acids is 1. The molecule has 0 bridgehead atoms. The van der Waals surface area contributed by atoms with Gasteiger partial charge in [0.25, 0.3) is 0 Å². The summed E-state index contributed by atoms with van der Waals surface area (Å²) in [5.74, 6) is 1.46. The Morgan fingerprint density at radius 3 is 2.74 bits per heavy atom. The van der Waals surface area contributed by atoms with Gasteiger partial charge in [0.15, 0.2) is 0 Å². The van der Waals surface area contributed by atoms with Crippen molar-refractivity contribution >= 4 is 18.5 Å². The molecule has 1 aromatic carbocycles. The van der Waals surface area contributed by atoms with E-state index in [0.717, 1.165) is 18.0 Å². The summed E-state index contributed by atoms with van der Waals surface area (Å²) in [5, 5.41) is 2.81. The maximum absolute atomic E-state index is 12.0. The molecule has 0 aromatic heterocycles. The predicted molar refractivity (Wildman–Crippen MR) is 82.4 cm³/mol. The lowest BCUT2D eigenvalue weighted by Crippen LogP contribution is -2.36. The molecule has 1 aromatic rings. The molecule has 0 aliphatic heterocycles. The first-order valence-electron chi connectivity index (χ1n) is 7.16. The number of carbonyl (C=O) groups is 1. The Bertz CT molecular complexity index is 406. The Kier molecular flexibility index (Phi) is 5.32. The summed E-state index contributed by atoms with van der Waals surface area (Å²) in [6.07, 6.45) is 4.54. The largest absolute Gasteiger partial charge is 0.355 e. The first-order valence-corrected chi connectivity index (χ1v) is 7.68. The first-order chi connectivity index (χ1) is 9.16. The van der Waals surface area contributed by atoms with Crippen molar-refractivity contribution in [3.05, 3.63) is 35.9 Å². The number of hydrogen-bond acceptors (Lipinski definition) is 2. The minimum atomic E-state index is -0.251. The summed E-state index contributed by atoms with van der Waals surface area (Å²) >= 11 is 4.42. The highest BCUT2D eigenvalue weighted by atomic mass is 32.1. The van der Waals surface area contributed by atoms with Gasteiger partial charge >= 0.3 is 0 Å². The van der Waals surface area contributed by atoms with Gasteiger partial charge in [-0.05, 0) is 30.2 Å². The van der Waals surface area contributed by atoms with Crippen LogP contribution in [-0.2, 0) is 11.2 Å². The average Bonchev–Trinajstić information content (AvgIpc) is 2.82. The summed E-state index contributed by atoms with van der Waals surface area (Å²) in [6.45, 7) is 3.10. The van der Waals surface area contributed by atoms with Gasteiger partial charge in [0.1, 0.15) is 0 Å². The second-order valence-corrected chi connectivity index (χ2v) is 6.24. The van der Waals surface area contributed by atoms with Crippen molar-refractivity contribution in [1.29, 1.82) is 0 Å². The highest BCUT2D eigenvalue weighted by Crippen LogP contribution is 2.30. The fourth-order valence-corrected chi connectivity index (χ4v) is 3.11. The van der Waals surface area contributed by atoms with Crippen LogP contribution in [0.3, 0.4) is 0 Å². The Hall–Kier alpha value is -0.960. The maximum Gasteiger partial charge on any atom is 0.233 e. The van der Waals surface area contributed by atoms with Crippen molar-refractivity contribution in [3.8, 4) is 0 Å². The summed E-state index contributed by atoms with van der Waals surface area (Å²) in [4.78, 5) is 12.0. The molecule has 19 heavy (non-hydrogen) atoms. The Morgan fingerprint density at radius 1 is 1.37 bits per heavy atom. The highest BCUT2D eigenvalue weighted by Gasteiger charge is 2.24. The third-order valence-electron chi connectivity index (χ3n) is 4.15. The molecule has 2 rings (SSSR count). The van der Waals surface area contributed by atoms with Crippen LogP contribution in [0.1, 0.15) is 31.7 Å². The molecule has 1 fully saturated rings. The molecule has 1 saturated carbocycles. The molecule has 1 aliphatic rings. The van der Waals surface area contributed by atoms with Crippen LogP contribution in [0.25, 0.3) is 0 Å². The SMILES string of the molecule is CC1CCCC1CNC(=O)C(S)Cc1ccccc1. The highest BCUT2D eigenvalue weighted by molar-refractivity contribution is 7.81. The summed E-state index contributed by atoms with van der Waals surface area (Å²) in [5.41, 5.74) is 1.16. The van der Waals surface area contributed by atoms with Crippen molar-refractivity contribution in [3.63, 3.8) is 0 Å². The molecular weight excluding hydrogens is 254 g/mol. The first kappa shape index (κ1) is 14.4. The molecule has 0 heterocycles. The summed E-state index contributed by atoms with van der Waals surface area (Å²) in [6, 6.07) is 10.0. The fourth-order valence-electron chi connectivity index (χ4n) is 2.81. The van der Waals surface area contributed by atoms with Crippen molar-refractivity contribution in [1.82, 2.24) is 5.32 Å². The predicted octanol–water partition coefficient (Wildman–Crippen LogP) is 3.08. The number of thiol groups is 1. The number of nitrogens with one attached hydrogen (secondary N) is 1. The van der Waals surface area contributed by atoms with E-state index in [1.807, 2.05) is 30.3 Å². The van der Waals surface area contributed by atoms with Gasteiger partial charge in [-0.1, -0.05) is 50.1 Å². The second kappa shape index (κ2) is 6.99. The quantitative estimate of drug-likeness (QED) is 0.796. The molecular formula is C16H23NOS. The molecule has 1 amide bonds. The van der Waals surface area contributed by atoms with E-state index in [-0.39, 0.29) is 11.2 Å². The normalized spacial score (nSPS) is 24.1. The van der Waals surface area contributed by atoms with Crippen LogP contribution in [0.4, 0.5) is 0 Å². The van der Waals surface area contributed by atoms with E-state index in [4.69, 9.17) is 0 Å². The standard InChI is InChI=1S/C16H23NOS/c1-12-6-5-9-14(12)11-17-16(18)15(19)10-13-7-3-2-4-8-13/h2-4,7-8,12,14-15,19H,5-6,9-11H2,1H3,(H,17,18). The van der Waals surface area contributed by atoms with Gasteiger partial charge < -0.3 is 5.32 Å². The van der Waals surface area contributed by atoms with Gasteiger partial charge in [0.2, 0.25) is 5.91 Å². The zero-order chi connectivity index (χ0) is 13.7. The average molecular weight is 277 g/mol. The van der Waals surface area contributed by atoms with E-state index in [9.17, 15) is 4.79 Å². The minimum absolute atomic E-state index is 0.0614. The van der Waals surface area contributed by atoms with E-state index in [2.05, 4.69) is 24.9 Å². The molecule has 104 valence electrons. The Morgan fingerprint density at radius 2 is 2.11 bits per heavy atom. The van der Waals surface area contributed by atoms with Gasteiger partial charge in [-0.3, -0.25) is 4.79 Å². The molecule has 0 spiro atoms. The van der Waals surface area contributed by atoms with E-state index >= 15 is 0 Å². The summed E-state index contributed by atoms with van der Waals surface area (Å²) < 4.78 is 0. The third-order valence-corrected chi connectivity index (χ3v) is 4.57. The molecule has 1 N–H and O–H groups in total. The second-order valence-electron chi connectivity index (χ2n) is 5.62. The van der Waals surface area contributed by atoms with Crippen LogP contribution >= 0.6 is 12.6 Å². The van der Waals surface area contributed by atoms with Crippen LogP contribution in [0.15, 0.2) is 30.3 Å². The topological polar surface area (TPSA) is 29.1 Å². The maximum atomic E-state index is 12.0. The molecule has 0 saturated heterocycles. The smallest absolute Gasteiger partial charge is 0.233 e. The van der Waals surface area contributed by atoms with E-state index in [1.165, 1.54) is 19.3 Å². The van der Waals surface area contributed by atoms with Crippen LogP contribution in [0.5, 0.6) is 0 Å². The van der Waals surface area contributed by atoms with Crippen LogP contribution in [0, 0.1) is 11.8 Å². The van der Waals surface area contributed by atoms with Crippen LogP contribution < -0.4 is 5.32 Å². The van der Waals surface area contributed by atoms with E-state index < -0.39 is 0 Å². The number of amides is 1. The van der Waals surface area contributed by atoms with Gasteiger partial charge in [0.05, 0.1) is 5.25 Å². The van der Waals surface area contributed by atoms with Gasteiger partial charge in [0, 0.05) is 6.54 Å². The lowest BCUT2D eigenvalue weighted by atomic mass is 9.98. The third kappa shape index (κ3) is 4.27. The van der Waals surface area contributed by atoms with Gasteiger partial charge in [-0.2, -0.15) is 12.6 Å². The monoisotopic (exact) mass is 277 g/mol. The summed E-state index contributed by atoms with van der Waals surface area (Å²) in [7, 11) is 0. The number of benzene rings is 1. The zero-order valence-corrected chi connectivity index (χ0v) is 12.4. The zero-order valence-electron chi connectivity index (χ0n) is 11.5. The Labute approximate surface area is 121 Å².